The maximum Gasteiger partial charge on any atom is 0.340 e. The minimum absolute atomic E-state index is 0.00666. The van der Waals surface area contributed by atoms with Crippen molar-refractivity contribution in [3.8, 4) is 6.07 Å². The van der Waals surface area contributed by atoms with E-state index in [2.05, 4.69) is 4.98 Å². The van der Waals surface area contributed by atoms with Crippen molar-refractivity contribution in [1.82, 2.24) is 9.88 Å². The molecule has 136 valence electrons. The number of aryl methyl sites for hydroxylation is 1. The molecule has 0 spiro atoms. The molecule has 1 heterocycles. The van der Waals surface area contributed by atoms with E-state index < -0.39 is 5.97 Å². The Morgan fingerprint density at radius 1 is 1.32 bits per heavy atom. The number of ether oxygens (including phenoxy) is 1. The maximum atomic E-state index is 12.5. The molecule has 25 heavy (non-hydrogen) atoms. The molecule has 0 fully saturated rings. The van der Waals surface area contributed by atoms with Crippen LogP contribution in [0.25, 0.3) is 0 Å². The van der Waals surface area contributed by atoms with E-state index in [0.29, 0.717) is 10.7 Å². The third-order valence-electron chi connectivity index (χ3n) is 3.53. The summed E-state index contributed by atoms with van der Waals surface area (Å²) in [5.74, 6) is -0.314. The first-order valence-corrected chi connectivity index (χ1v) is 9.24. The predicted octanol–water partition coefficient (Wildman–Crippen LogP) is 3.18. The van der Waals surface area contributed by atoms with Crippen LogP contribution in [-0.4, -0.2) is 46.2 Å². The molecule has 0 aliphatic heterocycles. The Bertz CT molecular complexity index is 673. The van der Waals surface area contributed by atoms with Gasteiger partial charge in [0.15, 0.2) is 0 Å². The molecule has 0 saturated carbocycles. The van der Waals surface area contributed by atoms with Gasteiger partial charge in [0.25, 0.3) is 0 Å². The lowest BCUT2D eigenvalue weighted by molar-refractivity contribution is -0.131. The monoisotopic (exact) mass is 363 g/mol. The van der Waals surface area contributed by atoms with Crippen LogP contribution in [0.1, 0.15) is 56.2 Å². The van der Waals surface area contributed by atoms with Gasteiger partial charge in [-0.05, 0) is 47.6 Å². The first kappa shape index (κ1) is 21.0. The Hall–Kier alpha value is -2.07. The van der Waals surface area contributed by atoms with Gasteiger partial charge in [0.05, 0.1) is 29.2 Å². The van der Waals surface area contributed by atoms with Crippen molar-refractivity contribution >= 4 is 23.6 Å². The standard InChI is InChI=1S/C18H25N3O3S/c1-7-24-18(23)15-8-14(9-19)17(20-13(15)6)25-10-16(22)21(11(2)3)12(4)5/h8,11-12H,7,10H2,1-6H3. The summed E-state index contributed by atoms with van der Waals surface area (Å²) in [6, 6.07) is 3.73. The van der Waals surface area contributed by atoms with Crippen LogP contribution in [0.5, 0.6) is 0 Å². The molecule has 0 N–H and O–H groups in total. The molecule has 0 atom stereocenters. The van der Waals surface area contributed by atoms with Crippen LogP contribution in [0.4, 0.5) is 0 Å². The molecule has 1 aromatic heterocycles. The average Bonchev–Trinajstić information content (AvgIpc) is 2.52. The SMILES string of the molecule is CCOC(=O)c1cc(C#N)c(SCC(=O)N(C(C)C)C(C)C)nc1C. The highest BCUT2D eigenvalue weighted by atomic mass is 32.2. The highest BCUT2D eigenvalue weighted by molar-refractivity contribution is 8.00. The summed E-state index contributed by atoms with van der Waals surface area (Å²) in [4.78, 5) is 30.5. The fraction of sp³-hybridized carbons (Fsp3) is 0.556. The van der Waals surface area contributed by atoms with Gasteiger partial charge in [-0.25, -0.2) is 9.78 Å². The Labute approximate surface area is 153 Å². The summed E-state index contributed by atoms with van der Waals surface area (Å²) in [6.07, 6.45) is 0. The van der Waals surface area contributed by atoms with Crippen molar-refractivity contribution in [3.05, 3.63) is 22.9 Å². The van der Waals surface area contributed by atoms with E-state index >= 15 is 0 Å². The number of pyridine rings is 1. The molecule has 0 aliphatic carbocycles. The number of nitriles is 1. The third-order valence-corrected chi connectivity index (χ3v) is 4.50. The van der Waals surface area contributed by atoms with Gasteiger partial charge < -0.3 is 9.64 Å². The van der Waals surface area contributed by atoms with Crippen LogP contribution in [0.2, 0.25) is 0 Å². The number of carbonyl (C=O) groups excluding carboxylic acids is 2. The first-order chi connectivity index (χ1) is 11.7. The van der Waals surface area contributed by atoms with Gasteiger partial charge in [0.1, 0.15) is 11.1 Å². The van der Waals surface area contributed by atoms with Crippen LogP contribution in [-0.2, 0) is 9.53 Å². The van der Waals surface area contributed by atoms with E-state index in [0.717, 1.165) is 0 Å². The molecule has 0 bridgehead atoms. The molecule has 1 aromatic rings. The van der Waals surface area contributed by atoms with Gasteiger partial charge in [-0.2, -0.15) is 5.26 Å². The Balaban J connectivity index is 3.00. The van der Waals surface area contributed by atoms with E-state index in [1.807, 2.05) is 33.8 Å². The Kier molecular flexibility index (Phi) is 7.91. The van der Waals surface area contributed by atoms with Gasteiger partial charge in [-0.15, -0.1) is 0 Å². The summed E-state index contributed by atoms with van der Waals surface area (Å²) < 4.78 is 4.97. The van der Waals surface area contributed by atoms with Gasteiger partial charge in [-0.1, -0.05) is 11.8 Å². The number of esters is 1. The molecule has 7 heteroatoms. The second kappa shape index (κ2) is 9.42. The molecular weight excluding hydrogens is 338 g/mol. The lowest BCUT2D eigenvalue weighted by atomic mass is 10.1. The van der Waals surface area contributed by atoms with E-state index in [9.17, 15) is 14.9 Å². The summed E-state index contributed by atoms with van der Waals surface area (Å²) >= 11 is 1.21. The topological polar surface area (TPSA) is 83.3 Å². The average molecular weight is 363 g/mol. The summed E-state index contributed by atoms with van der Waals surface area (Å²) in [7, 11) is 0. The molecule has 0 aliphatic rings. The molecule has 0 radical (unpaired) electrons. The van der Waals surface area contributed by atoms with Crippen molar-refractivity contribution in [2.24, 2.45) is 0 Å². The number of hydrogen-bond acceptors (Lipinski definition) is 6. The zero-order valence-electron chi connectivity index (χ0n) is 15.6. The second-order valence-corrected chi connectivity index (χ2v) is 7.05. The van der Waals surface area contributed by atoms with Crippen LogP contribution in [0, 0.1) is 18.3 Å². The molecular formula is C18H25N3O3S. The van der Waals surface area contributed by atoms with Crippen LogP contribution in [0.15, 0.2) is 11.1 Å². The lowest BCUT2D eigenvalue weighted by Crippen LogP contribution is -2.43. The number of hydrogen-bond donors (Lipinski definition) is 0. The van der Waals surface area contributed by atoms with Crippen molar-refractivity contribution in [1.29, 1.82) is 5.26 Å². The first-order valence-electron chi connectivity index (χ1n) is 8.25. The van der Waals surface area contributed by atoms with Gasteiger partial charge >= 0.3 is 5.97 Å². The van der Waals surface area contributed by atoms with Gasteiger partial charge in [-0.3, -0.25) is 4.79 Å². The quantitative estimate of drug-likeness (QED) is 0.546. The number of nitrogens with zero attached hydrogens (tertiary/aromatic N) is 3. The minimum Gasteiger partial charge on any atom is -0.462 e. The normalized spacial score (nSPS) is 10.7. The van der Waals surface area contributed by atoms with Crippen LogP contribution < -0.4 is 0 Å². The molecule has 6 nitrogen and oxygen atoms in total. The predicted molar refractivity (Wildman–Crippen MR) is 97.5 cm³/mol. The van der Waals surface area contributed by atoms with Gasteiger partial charge in [0, 0.05) is 12.1 Å². The van der Waals surface area contributed by atoms with E-state index in [-0.39, 0.29) is 41.5 Å². The lowest BCUT2D eigenvalue weighted by Gasteiger charge is -2.30. The zero-order chi connectivity index (χ0) is 19.1. The smallest absolute Gasteiger partial charge is 0.340 e. The summed E-state index contributed by atoms with van der Waals surface area (Å²) in [6.45, 7) is 11.6. The number of amides is 1. The molecule has 0 aromatic carbocycles. The Morgan fingerprint density at radius 2 is 1.92 bits per heavy atom. The zero-order valence-corrected chi connectivity index (χ0v) is 16.4. The van der Waals surface area contributed by atoms with E-state index in [1.165, 1.54) is 17.8 Å². The molecule has 1 rings (SSSR count). The number of thioether (sulfide) groups is 1. The fourth-order valence-corrected chi connectivity index (χ4v) is 3.44. The van der Waals surface area contributed by atoms with Crippen molar-refractivity contribution in [2.75, 3.05) is 12.4 Å². The second-order valence-electron chi connectivity index (χ2n) is 6.08. The molecule has 0 saturated heterocycles. The van der Waals surface area contributed by atoms with Crippen LogP contribution >= 0.6 is 11.8 Å². The summed E-state index contributed by atoms with van der Waals surface area (Å²) in [5.41, 5.74) is 1.03. The van der Waals surface area contributed by atoms with Crippen LogP contribution in [0.3, 0.4) is 0 Å². The minimum atomic E-state index is -0.498. The van der Waals surface area contributed by atoms with Crippen molar-refractivity contribution in [2.45, 2.75) is 58.7 Å². The molecule has 0 unspecified atom stereocenters. The highest BCUT2D eigenvalue weighted by Gasteiger charge is 2.22. The largest absolute Gasteiger partial charge is 0.462 e. The van der Waals surface area contributed by atoms with E-state index in [4.69, 9.17) is 4.74 Å². The summed E-state index contributed by atoms with van der Waals surface area (Å²) in [5, 5.41) is 9.80. The fourth-order valence-electron chi connectivity index (χ4n) is 2.57. The number of aromatic nitrogens is 1. The van der Waals surface area contributed by atoms with E-state index in [1.54, 1.807) is 18.7 Å². The third kappa shape index (κ3) is 5.46. The highest BCUT2D eigenvalue weighted by Crippen LogP contribution is 2.24. The van der Waals surface area contributed by atoms with Crippen molar-refractivity contribution in [3.63, 3.8) is 0 Å². The van der Waals surface area contributed by atoms with Crippen molar-refractivity contribution < 1.29 is 14.3 Å². The molecule has 1 amide bonds. The maximum absolute atomic E-state index is 12.5. The van der Waals surface area contributed by atoms with Gasteiger partial charge in [0.2, 0.25) is 5.91 Å². The number of rotatable bonds is 7. The number of carbonyl (C=O) groups is 2. The Morgan fingerprint density at radius 3 is 2.40 bits per heavy atom.